The third kappa shape index (κ3) is 2.01. The van der Waals surface area contributed by atoms with Gasteiger partial charge in [-0.1, -0.05) is 28.1 Å². The SMILES string of the molecule is O=C(O)c1cc(Br)cc2cccc(I)c12. The number of halogens is 2. The van der Waals surface area contributed by atoms with Crippen LogP contribution >= 0.6 is 38.5 Å². The van der Waals surface area contributed by atoms with Crippen molar-refractivity contribution in [3.05, 3.63) is 43.9 Å². The number of hydrogen-bond acceptors (Lipinski definition) is 1. The summed E-state index contributed by atoms with van der Waals surface area (Å²) in [5.74, 6) is -0.898. The lowest BCUT2D eigenvalue weighted by Gasteiger charge is -2.05. The van der Waals surface area contributed by atoms with Gasteiger partial charge in [-0.15, -0.1) is 0 Å². The molecule has 1 N–H and O–H groups in total. The minimum atomic E-state index is -0.898. The molecule has 0 heterocycles. The van der Waals surface area contributed by atoms with Crippen LogP contribution in [-0.2, 0) is 0 Å². The fraction of sp³-hybridized carbons (Fsp3) is 0. The molecular weight excluding hydrogens is 371 g/mol. The smallest absolute Gasteiger partial charge is 0.336 e. The number of benzene rings is 2. The summed E-state index contributed by atoms with van der Waals surface area (Å²) in [4.78, 5) is 11.1. The van der Waals surface area contributed by atoms with Gasteiger partial charge in [0.15, 0.2) is 0 Å². The van der Waals surface area contributed by atoms with Gasteiger partial charge in [-0.2, -0.15) is 0 Å². The van der Waals surface area contributed by atoms with Gasteiger partial charge >= 0.3 is 5.97 Å². The van der Waals surface area contributed by atoms with E-state index in [0.29, 0.717) is 5.56 Å². The molecule has 0 saturated carbocycles. The predicted molar refractivity (Wildman–Crippen MR) is 71.3 cm³/mol. The van der Waals surface area contributed by atoms with E-state index in [2.05, 4.69) is 38.5 Å². The molecule has 2 aromatic carbocycles. The number of carbonyl (C=O) groups is 1. The zero-order chi connectivity index (χ0) is 11.0. The minimum Gasteiger partial charge on any atom is -0.478 e. The zero-order valence-electron chi connectivity index (χ0n) is 7.50. The Balaban J connectivity index is 2.94. The van der Waals surface area contributed by atoms with E-state index in [-0.39, 0.29) is 0 Å². The Morgan fingerprint density at radius 1 is 1.33 bits per heavy atom. The first-order valence-corrected chi connectivity index (χ1v) is 6.08. The number of aromatic carboxylic acids is 1. The van der Waals surface area contributed by atoms with Crippen LogP contribution in [0.25, 0.3) is 10.8 Å². The molecule has 0 unspecified atom stereocenters. The van der Waals surface area contributed by atoms with E-state index >= 15 is 0 Å². The molecule has 4 heteroatoms. The fourth-order valence-electron chi connectivity index (χ4n) is 1.51. The van der Waals surface area contributed by atoms with E-state index < -0.39 is 5.97 Å². The molecule has 2 nitrogen and oxygen atoms in total. The van der Waals surface area contributed by atoms with Crippen molar-refractivity contribution in [2.24, 2.45) is 0 Å². The van der Waals surface area contributed by atoms with Crippen LogP contribution in [0.15, 0.2) is 34.8 Å². The third-order valence-electron chi connectivity index (χ3n) is 2.12. The monoisotopic (exact) mass is 376 g/mol. The van der Waals surface area contributed by atoms with E-state index in [4.69, 9.17) is 5.11 Å². The Bertz CT molecular complexity index is 552. The lowest BCUT2D eigenvalue weighted by Crippen LogP contribution is -1.98. The van der Waals surface area contributed by atoms with Crippen molar-refractivity contribution in [1.29, 1.82) is 0 Å². The highest BCUT2D eigenvalue weighted by Gasteiger charge is 2.11. The Morgan fingerprint density at radius 2 is 2.07 bits per heavy atom. The van der Waals surface area contributed by atoms with Crippen LogP contribution in [0.2, 0.25) is 0 Å². The molecule has 0 aromatic heterocycles. The summed E-state index contributed by atoms with van der Waals surface area (Å²) in [6, 6.07) is 9.29. The second kappa shape index (κ2) is 4.09. The summed E-state index contributed by atoms with van der Waals surface area (Å²) < 4.78 is 1.74. The molecule has 0 saturated heterocycles. The molecule has 0 bridgehead atoms. The van der Waals surface area contributed by atoms with Gasteiger partial charge in [0.25, 0.3) is 0 Å². The first-order chi connectivity index (χ1) is 7.09. The van der Waals surface area contributed by atoms with Crippen molar-refractivity contribution in [3.8, 4) is 0 Å². The summed E-state index contributed by atoms with van der Waals surface area (Å²) >= 11 is 5.46. The largest absolute Gasteiger partial charge is 0.478 e. The Hall–Kier alpha value is -0.620. The second-order valence-electron chi connectivity index (χ2n) is 3.10. The topological polar surface area (TPSA) is 37.3 Å². The molecule has 0 amide bonds. The minimum absolute atomic E-state index is 0.337. The van der Waals surface area contributed by atoms with Crippen molar-refractivity contribution in [2.75, 3.05) is 0 Å². The summed E-state index contributed by atoms with van der Waals surface area (Å²) in [5, 5.41) is 10.8. The van der Waals surface area contributed by atoms with Crippen molar-refractivity contribution >= 4 is 55.3 Å². The zero-order valence-corrected chi connectivity index (χ0v) is 11.2. The molecular formula is C11H6BrIO2. The molecule has 0 atom stereocenters. The van der Waals surface area contributed by atoms with Crippen LogP contribution in [0.4, 0.5) is 0 Å². The van der Waals surface area contributed by atoms with Gasteiger partial charge in [-0.25, -0.2) is 4.79 Å². The Labute approximate surface area is 109 Å². The molecule has 0 aliphatic rings. The molecule has 0 aliphatic carbocycles. The second-order valence-corrected chi connectivity index (χ2v) is 5.17. The van der Waals surface area contributed by atoms with Crippen LogP contribution in [0.5, 0.6) is 0 Å². The Kier molecular flexibility index (Phi) is 2.97. The van der Waals surface area contributed by atoms with Crippen LogP contribution in [0.3, 0.4) is 0 Å². The maximum atomic E-state index is 11.1. The van der Waals surface area contributed by atoms with Gasteiger partial charge < -0.3 is 5.11 Å². The summed E-state index contributed by atoms with van der Waals surface area (Å²) in [6.07, 6.45) is 0. The highest BCUT2D eigenvalue weighted by atomic mass is 127. The van der Waals surface area contributed by atoms with Crippen molar-refractivity contribution < 1.29 is 9.90 Å². The molecule has 0 spiro atoms. The highest BCUT2D eigenvalue weighted by molar-refractivity contribution is 14.1. The lowest BCUT2D eigenvalue weighted by atomic mass is 10.1. The molecule has 2 aromatic rings. The van der Waals surface area contributed by atoms with E-state index in [1.54, 1.807) is 6.07 Å². The van der Waals surface area contributed by atoms with Crippen LogP contribution in [-0.4, -0.2) is 11.1 Å². The van der Waals surface area contributed by atoms with Gasteiger partial charge in [0.2, 0.25) is 0 Å². The lowest BCUT2D eigenvalue weighted by molar-refractivity contribution is 0.0699. The van der Waals surface area contributed by atoms with Crippen LogP contribution < -0.4 is 0 Å². The third-order valence-corrected chi connectivity index (χ3v) is 3.48. The standard InChI is InChI=1S/C11H6BrIO2/c12-7-4-6-2-1-3-9(13)10(6)8(5-7)11(14)15/h1-5H,(H,14,15). The van der Waals surface area contributed by atoms with Crippen molar-refractivity contribution in [1.82, 2.24) is 0 Å². The highest BCUT2D eigenvalue weighted by Crippen LogP contribution is 2.28. The van der Waals surface area contributed by atoms with Gasteiger partial charge in [-0.3, -0.25) is 0 Å². The molecule has 76 valence electrons. The normalized spacial score (nSPS) is 10.5. The van der Waals surface area contributed by atoms with Crippen molar-refractivity contribution in [2.45, 2.75) is 0 Å². The Morgan fingerprint density at radius 3 is 2.73 bits per heavy atom. The average Bonchev–Trinajstić information content (AvgIpc) is 2.16. The van der Waals surface area contributed by atoms with Gasteiger partial charge in [0, 0.05) is 13.4 Å². The molecule has 15 heavy (non-hydrogen) atoms. The summed E-state index contributed by atoms with van der Waals surface area (Å²) in [7, 11) is 0. The predicted octanol–water partition coefficient (Wildman–Crippen LogP) is 3.91. The summed E-state index contributed by atoms with van der Waals surface area (Å²) in [6.45, 7) is 0. The van der Waals surface area contributed by atoms with E-state index in [1.807, 2.05) is 24.3 Å². The van der Waals surface area contributed by atoms with Gasteiger partial charge in [-0.05, 0) is 46.2 Å². The van der Waals surface area contributed by atoms with Crippen LogP contribution in [0, 0.1) is 3.57 Å². The maximum absolute atomic E-state index is 11.1. The van der Waals surface area contributed by atoms with E-state index in [9.17, 15) is 4.79 Å². The van der Waals surface area contributed by atoms with Gasteiger partial charge in [0.05, 0.1) is 5.56 Å². The maximum Gasteiger partial charge on any atom is 0.336 e. The van der Waals surface area contributed by atoms with E-state index in [0.717, 1.165) is 18.8 Å². The number of fused-ring (bicyclic) bond motifs is 1. The summed E-state index contributed by atoms with van der Waals surface area (Å²) in [5.41, 5.74) is 0.337. The van der Waals surface area contributed by atoms with Crippen LogP contribution in [0.1, 0.15) is 10.4 Å². The van der Waals surface area contributed by atoms with E-state index in [1.165, 1.54) is 0 Å². The quantitative estimate of drug-likeness (QED) is 0.766. The van der Waals surface area contributed by atoms with Gasteiger partial charge in [0.1, 0.15) is 0 Å². The number of carboxylic acids is 1. The average molecular weight is 377 g/mol. The number of hydrogen-bond donors (Lipinski definition) is 1. The van der Waals surface area contributed by atoms with Crippen molar-refractivity contribution in [3.63, 3.8) is 0 Å². The first kappa shape index (κ1) is 10.9. The first-order valence-electron chi connectivity index (χ1n) is 4.20. The molecule has 2 rings (SSSR count). The molecule has 0 aliphatic heterocycles. The number of carboxylic acid groups (broad SMARTS) is 1. The molecule has 0 fully saturated rings. The fourth-order valence-corrected chi connectivity index (χ4v) is 2.80. The number of rotatable bonds is 1. The molecule has 0 radical (unpaired) electrons.